The van der Waals surface area contributed by atoms with Crippen LogP contribution in [-0.2, 0) is 19.5 Å². The lowest BCUT2D eigenvalue weighted by Gasteiger charge is -2.29. The van der Waals surface area contributed by atoms with Crippen LogP contribution in [0.1, 0.15) is 16.7 Å². The quantitative estimate of drug-likeness (QED) is 0.690. The van der Waals surface area contributed by atoms with Crippen LogP contribution in [0.2, 0.25) is 0 Å². The Morgan fingerprint density at radius 2 is 1.90 bits per heavy atom. The molecule has 3 rings (SSSR count). The topological polar surface area (TPSA) is 29.3 Å². The molecule has 0 spiro atoms. The summed E-state index contributed by atoms with van der Waals surface area (Å²) >= 11 is 1.79. The van der Waals surface area contributed by atoms with Gasteiger partial charge in [-0.05, 0) is 53.6 Å². The summed E-state index contributed by atoms with van der Waals surface area (Å²) in [5, 5.41) is 0. The second-order valence-corrected chi connectivity index (χ2v) is 6.22. The van der Waals surface area contributed by atoms with Crippen LogP contribution in [0.15, 0.2) is 47.4 Å². The summed E-state index contributed by atoms with van der Waals surface area (Å²) in [6, 6.07) is 15.2. The van der Waals surface area contributed by atoms with E-state index in [0.717, 1.165) is 31.7 Å². The molecule has 0 fully saturated rings. The van der Waals surface area contributed by atoms with Crippen LogP contribution in [0.3, 0.4) is 0 Å². The fraction of sp³-hybridized carbons (Fsp3) is 0.294. The number of nitrogens with two attached hydrogens (primary N) is 1. The Balaban J connectivity index is 1.69. The van der Waals surface area contributed by atoms with Crippen LogP contribution in [0.25, 0.3) is 0 Å². The van der Waals surface area contributed by atoms with Gasteiger partial charge in [0.1, 0.15) is 0 Å². The molecule has 0 aliphatic carbocycles. The molecule has 2 aromatic carbocycles. The second-order valence-electron chi connectivity index (χ2n) is 5.34. The highest BCUT2D eigenvalue weighted by Crippen LogP contribution is 2.23. The molecule has 0 atom stereocenters. The molecule has 0 amide bonds. The molecule has 0 saturated heterocycles. The summed E-state index contributed by atoms with van der Waals surface area (Å²) in [7, 11) is 0. The maximum atomic E-state index is 5.85. The van der Waals surface area contributed by atoms with E-state index in [9.17, 15) is 0 Å². The number of fused-ring (bicyclic) bond motifs is 1. The van der Waals surface area contributed by atoms with Gasteiger partial charge in [0, 0.05) is 30.2 Å². The first-order chi connectivity index (χ1) is 9.74. The molecule has 1 heterocycles. The van der Waals surface area contributed by atoms with E-state index in [2.05, 4.69) is 47.6 Å². The predicted octanol–water partition coefficient (Wildman–Crippen LogP) is 3.55. The highest BCUT2D eigenvalue weighted by Gasteiger charge is 2.16. The summed E-state index contributed by atoms with van der Waals surface area (Å²) in [6.45, 7) is 3.17. The Labute approximate surface area is 125 Å². The molecule has 20 heavy (non-hydrogen) atoms. The normalized spacial score (nSPS) is 15.1. The molecular formula is C17H20N2S. The molecule has 0 aromatic heterocycles. The molecular weight excluding hydrogens is 264 g/mol. The zero-order valence-corrected chi connectivity index (χ0v) is 12.6. The van der Waals surface area contributed by atoms with E-state index in [1.54, 1.807) is 11.8 Å². The molecule has 0 bridgehead atoms. The lowest BCUT2D eigenvalue weighted by atomic mass is 9.98. The highest BCUT2D eigenvalue weighted by molar-refractivity contribution is 7.98. The lowest BCUT2D eigenvalue weighted by molar-refractivity contribution is 0.245. The number of hydrogen-bond acceptors (Lipinski definition) is 3. The molecule has 2 nitrogen and oxygen atoms in total. The molecule has 2 aromatic rings. The van der Waals surface area contributed by atoms with Gasteiger partial charge in [0.05, 0.1) is 0 Å². The van der Waals surface area contributed by atoms with Gasteiger partial charge in [-0.2, -0.15) is 0 Å². The molecule has 3 heteroatoms. The van der Waals surface area contributed by atoms with Crippen LogP contribution >= 0.6 is 11.8 Å². The fourth-order valence-electron chi connectivity index (χ4n) is 2.76. The van der Waals surface area contributed by atoms with Crippen molar-refractivity contribution in [2.75, 3.05) is 18.5 Å². The fourth-order valence-corrected chi connectivity index (χ4v) is 3.16. The van der Waals surface area contributed by atoms with Crippen molar-refractivity contribution in [2.24, 2.45) is 0 Å². The smallest absolute Gasteiger partial charge is 0.0316 e. The van der Waals surface area contributed by atoms with Gasteiger partial charge in [0.25, 0.3) is 0 Å². The van der Waals surface area contributed by atoms with Crippen molar-refractivity contribution in [2.45, 2.75) is 24.4 Å². The van der Waals surface area contributed by atoms with Gasteiger partial charge in [-0.3, -0.25) is 4.90 Å². The summed E-state index contributed by atoms with van der Waals surface area (Å²) < 4.78 is 0. The Morgan fingerprint density at radius 1 is 1.10 bits per heavy atom. The number of rotatable bonds is 3. The maximum Gasteiger partial charge on any atom is 0.0316 e. The van der Waals surface area contributed by atoms with Crippen molar-refractivity contribution in [3.63, 3.8) is 0 Å². The van der Waals surface area contributed by atoms with Crippen molar-refractivity contribution in [1.82, 2.24) is 4.90 Å². The zero-order valence-electron chi connectivity index (χ0n) is 11.8. The molecule has 0 radical (unpaired) electrons. The van der Waals surface area contributed by atoms with E-state index in [4.69, 9.17) is 5.73 Å². The molecule has 0 saturated carbocycles. The number of nitrogens with zero attached hydrogens (tertiary/aromatic N) is 1. The first-order valence-electron chi connectivity index (χ1n) is 6.97. The van der Waals surface area contributed by atoms with Gasteiger partial charge >= 0.3 is 0 Å². The number of benzene rings is 2. The Bertz CT molecular complexity index is 592. The minimum atomic E-state index is 0.879. The van der Waals surface area contributed by atoms with Gasteiger partial charge in [0.2, 0.25) is 0 Å². The SMILES string of the molecule is CSc1ccc(CN2CCc3cc(N)ccc3C2)cc1. The third-order valence-corrected chi connectivity index (χ3v) is 4.63. The van der Waals surface area contributed by atoms with Crippen LogP contribution in [0, 0.1) is 0 Å². The highest BCUT2D eigenvalue weighted by atomic mass is 32.2. The third kappa shape index (κ3) is 3.00. The monoisotopic (exact) mass is 284 g/mol. The van der Waals surface area contributed by atoms with Crippen LogP contribution < -0.4 is 5.73 Å². The summed E-state index contributed by atoms with van der Waals surface area (Å²) in [5.41, 5.74) is 11.0. The molecule has 2 N–H and O–H groups in total. The van der Waals surface area contributed by atoms with Crippen LogP contribution in [0.5, 0.6) is 0 Å². The Morgan fingerprint density at radius 3 is 2.65 bits per heavy atom. The molecule has 104 valence electrons. The van der Waals surface area contributed by atoms with Crippen molar-refractivity contribution in [1.29, 1.82) is 0 Å². The second kappa shape index (κ2) is 5.90. The van der Waals surface area contributed by atoms with Gasteiger partial charge in [-0.1, -0.05) is 18.2 Å². The average Bonchev–Trinajstić information content (AvgIpc) is 2.48. The van der Waals surface area contributed by atoms with Gasteiger partial charge in [0.15, 0.2) is 0 Å². The summed E-state index contributed by atoms with van der Waals surface area (Å²) in [4.78, 5) is 3.83. The zero-order chi connectivity index (χ0) is 13.9. The Kier molecular flexibility index (Phi) is 3.99. The van der Waals surface area contributed by atoms with Crippen molar-refractivity contribution < 1.29 is 0 Å². The van der Waals surface area contributed by atoms with E-state index >= 15 is 0 Å². The van der Waals surface area contributed by atoms with Crippen LogP contribution in [-0.4, -0.2) is 17.7 Å². The molecule has 1 aliphatic rings. The first-order valence-corrected chi connectivity index (χ1v) is 8.19. The van der Waals surface area contributed by atoms with E-state index in [1.165, 1.54) is 21.6 Å². The predicted molar refractivity (Wildman–Crippen MR) is 86.9 cm³/mol. The van der Waals surface area contributed by atoms with Crippen molar-refractivity contribution in [3.8, 4) is 0 Å². The first kappa shape index (κ1) is 13.5. The van der Waals surface area contributed by atoms with Crippen LogP contribution in [0.4, 0.5) is 5.69 Å². The largest absolute Gasteiger partial charge is 0.399 e. The molecule has 0 unspecified atom stereocenters. The van der Waals surface area contributed by atoms with E-state index in [-0.39, 0.29) is 0 Å². The van der Waals surface area contributed by atoms with Gasteiger partial charge in [-0.15, -0.1) is 11.8 Å². The van der Waals surface area contributed by atoms with Gasteiger partial charge < -0.3 is 5.73 Å². The van der Waals surface area contributed by atoms with E-state index in [0.29, 0.717) is 0 Å². The number of anilines is 1. The lowest BCUT2D eigenvalue weighted by Crippen LogP contribution is -2.30. The average molecular weight is 284 g/mol. The van der Waals surface area contributed by atoms with E-state index < -0.39 is 0 Å². The Hall–Kier alpha value is -1.45. The number of hydrogen-bond donors (Lipinski definition) is 1. The van der Waals surface area contributed by atoms with Crippen molar-refractivity contribution in [3.05, 3.63) is 59.2 Å². The number of nitrogen functional groups attached to an aromatic ring is 1. The minimum Gasteiger partial charge on any atom is -0.399 e. The van der Waals surface area contributed by atoms with Crippen molar-refractivity contribution >= 4 is 17.4 Å². The summed E-state index contributed by atoms with van der Waals surface area (Å²) in [6.07, 6.45) is 3.21. The number of thioether (sulfide) groups is 1. The summed E-state index contributed by atoms with van der Waals surface area (Å²) in [5.74, 6) is 0. The standard InChI is InChI=1S/C17H20N2S/c1-20-17-6-2-13(3-7-17)11-19-9-8-14-10-16(18)5-4-15(14)12-19/h2-7,10H,8-9,11-12,18H2,1H3. The minimum absolute atomic E-state index is 0.879. The maximum absolute atomic E-state index is 5.85. The third-order valence-electron chi connectivity index (χ3n) is 3.89. The van der Waals surface area contributed by atoms with E-state index in [1.807, 2.05) is 6.07 Å². The molecule has 1 aliphatic heterocycles. The van der Waals surface area contributed by atoms with Gasteiger partial charge in [-0.25, -0.2) is 0 Å².